The van der Waals surface area contributed by atoms with E-state index in [4.69, 9.17) is 84.1 Å². The van der Waals surface area contributed by atoms with Crippen LogP contribution in [0.2, 0.25) is 15.1 Å². The summed E-state index contributed by atoms with van der Waals surface area (Å²) in [6, 6.07) is 22.3. The second kappa shape index (κ2) is 46.9. The molecule has 3 amide bonds. The van der Waals surface area contributed by atoms with Crippen LogP contribution >= 0.6 is 34.8 Å². The Morgan fingerprint density at radius 3 is 0.892 bits per heavy atom. The van der Waals surface area contributed by atoms with E-state index in [-0.39, 0.29) is 149 Å². The number of rotatable bonds is 21. The highest BCUT2D eigenvalue weighted by molar-refractivity contribution is 6.35. The standard InChI is InChI=1S/C37H48ClFN8O3.C35H42ClFN8O2.C35H41ClFN7O4.C3H8/c1-20(2)29-32(30(21(3)4)41-28(40-29)19-44(10)11)47-34-25(16-26(38)31(42-34)24-14-12-13-15-27(24)39)33(43-35(47)48)45-17-23(6)46(18-22(45)5)36(49)50-37(7,8)9;1-10-28(46)43-16-22(7)44(17-21(43)6)33-24-15-25(36)31(23-13-11-12-14-26(23)37)40-34(24)45(35(47)41-33)32-29(19(2)3)38-27(18-42(8)9)39-30(32)20(4)5;1-18(2)27-30(28(19(3)4)39-26(17-45)38-27)44-32-23(14-24(36)29(40-32)22-12-10-11-13-25(22)37)31(41-33(44)46)42-15-21(6)43(16-20(42)5)34(47)48-35(7,8)9;1-3-2/h12-16,20-23H,17-19H2,1-11H3;10-15,19-22H,1,16-18H2,2-9H3;10-14,17-21H,15-16H2,1-9H3;3H2,1-2H3/t22-,23+;21-,22+;20-,21+;/m010./s1. The zero-order valence-electron chi connectivity index (χ0n) is 90.5. The first-order valence-electron chi connectivity index (χ1n) is 50.4. The topological polar surface area (TPSA) is 333 Å². The monoisotopic (exact) mass is 2090 g/mol. The van der Waals surface area contributed by atoms with Crippen LogP contribution in [0.5, 0.6) is 0 Å². The van der Waals surface area contributed by atoms with Gasteiger partial charge in [-0.3, -0.25) is 9.59 Å². The molecule has 0 N–H and O–H groups in total. The maximum atomic E-state index is 15.3. The third kappa shape index (κ3) is 24.8. The molecule has 0 spiro atoms. The van der Waals surface area contributed by atoms with E-state index in [0.29, 0.717) is 155 Å². The zero-order valence-corrected chi connectivity index (χ0v) is 92.8. The lowest BCUT2D eigenvalue weighted by atomic mass is 10.0. The van der Waals surface area contributed by atoms with Crippen LogP contribution in [0.3, 0.4) is 0 Å². The van der Waals surface area contributed by atoms with Crippen molar-refractivity contribution in [1.29, 1.82) is 0 Å². The normalized spacial score (nSPS) is 16.8. The van der Waals surface area contributed by atoms with E-state index >= 15 is 13.2 Å². The molecule has 38 heteroatoms. The smallest absolute Gasteiger partial charge is 0.410 e. The number of nitrogens with zero attached hydrogens (tertiary/aromatic N) is 23. The summed E-state index contributed by atoms with van der Waals surface area (Å²) in [4.78, 5) is 167. The van der Waals surface area contributed by atoms with Crippen LogP contribution in [0.25, 0.3) is 83.9 Å². The first-order valence-corrected chi connectivity index (χ1v) is 51.5. The molecule has 15 rings (SSSR count). The Bertz CT molecular complexity index is 7100. The van der Waals surface area contributed by atoms with Gasteiger partial charge in [-0.2, -0.15) is 15.0 Å². The van der Waals surface area contributed by atoms with Gasteiger partial charge in [0.25, 0.3) is 0 Å². The van der Waals surface area contributed by atoms with Gasteiger partial charge in [0.1, 0.15) is 57.8 Å². The number of anilines is 3. The molecule has 0 radical (unpaired) electrons. The number of halogens is 6. The number of hydrogen-bond acceptors (Lipinski definition) is 26. The second-order valence-corrected chi connectivity index (χ2v) is 43.9. The number of amides is 3. The predicted octanol–water partition coefficient (Wildman–Crippen LogP) is 21.5. The molecule has 32 nitrogen and oxygen atoms in total. The maximum Gasteiger partial charge on any atom is 0.410 e. The van der Waals surface area contributed by atoms with E-state index in [1.54, 1.807) is 87.5 Å². The van der Waals surface area contributed by atoms with E-state index in [9.17, 15) is 33.6 Å². The van der Waals surface area contributed by atoms with E-state index < -0.39 is 57.9 Å². The summed E-state index contributed by atoms with van der Waals surface area (Å²) < 4.78 is 61.3. The van der Waals surface area contributed by atoms with Crippen LogP contribution in [0.1, 0.15) is 278 Å². The van der Waals surface area contributed by atoms with Gasteiger partial charge in [0, 0.05) is 92.2 Å². The molecule has 6 atom stereocenters. The van der Waals surface area contributed by atoms with Crippen LogP contribution in [-0.2, 0) is 27.4 Å². The van der Waals surface area contributed by atoms with E-state index in [1.165, 1.54) is 44.4 Å². The number of benzene rings is 3. The number of carbonyl (C=O) groups is 4. The molecule has 12 aromatic rings. The minimum absolute atomic E-state index is 0.00167. The molecule has 3 aliphatic heterocycles. The summed E-state index contributed by atoms with van der Waals surface area (Å²) in [5.74, 6) is -0.0698. The quantitative estimate of drug-likeness (QED) is 0.0476. The van der Waals surface area contributed by atoms with Crippen molar-refractivity contribution in [3.8, 4) is 50.8 Å². The highest BCUT2D eigenvalue weighted by Gasteiger charge is 2.42. The van der Waals surface area contributed by atoms with Crippen molar-refractivity contribution in [3.05, 3.63) is 219 Å². The van der Waals surface area contributed by atoms with Gasteiger partial charge >= 0.3 is 29.3 Å². The highest BCUT2D eigenvalue weighted by Crippen LogP contribution is 2.44. The average molecular weight is 2090 g/mol. The number of ether oxygens (including phenoxy) is 2. The molecule has 0 bridgehead atoms. The molecule has 3 aromatic carbocycles. The number of aldehydes is 1. The molecule has 0 unspecified atom stereocenters. The average Bonchev–Trinajstić information content (AvgIpc) is 0.734. The highest BCUT2D eigenvalue weighted by atomic mass is 35.5. The molecule has 0 aliphatic carbocycles. The molecule has 0 saturated carbocycles. The molecule has 790 valence electrons. The fourth-order valence-electron chi connectivity index (χ4n) is 18.4. The largest absolute Gasteiger partial charge is 0.444 e. The molecule has 3 aliphatic rings. The molecule has 9 aromatic heterocycles. The van der Waals surface area contributed by atoms with E-state index in [0.717, 1.165) is 0 Å². The summed E-state index contributed by atoms with van der Waals surface area (Å²) >= 11 is 20.7. The molecular weight excluding hydrogens is 1950 g/mol. The molecular formula is C110H139Cl3F3N23O9. The van der Waals surface area contributed by atoms with Crippen molar-refractivity contribution in [2.45, 2.75) is 282 Å². The van der Waals surface area contributed by atoms with Crippen molar-refractivity contribution >= 4 is 110 Å². The summed E-state index contributed by atoms with van der Waals surface area (Å²) in [7, 11) is 7.81. The third-order valence-corrected chi connectivity index (χ3v) is 26.0. The number of pyridine rings is 3. The van der Waals surface area contributed by atoms with Crippen LogP contribution < -0.4 is 31.8 Å². The fraction of sp³-hybridized carbons (Fsp3) is 0.482. The van der Waals surface area contributed by atoms with E-state index in [1.807, 2.05) is 219 Å². The van der Waals surface area contributed by atoms with Crippen LogP contribution in [0, 0.1) is 17.5 Å². The lowest BCUT2D eigenvalue weighted by Gasteiger charge is -2.44. The number of carbonyl (C=O) groups excluding carboxylic acids is 4. The van der Waals surface area contributed by atoms with Gasteiger partial charge in [-0.05, 0) is 207 Å². The number of hydrogen-bond donors (Lipinski definition) is 0. The van der Waals surface area contributed by atoms with Crippen LogP contribution in [0.4, 0.5) is 40.2 Å². The van der Waals surface area contributed by atoms with Crippen molar-refractivity contribution in [1.82, 2.24) is 98.0 Å². The Labute approximate surface area is 879 Å². The Hall–Kier alpha value is -12.8. The third-order valence-electron chi connectivity index (χ3n) is 25.2. The van der Waals surface area contributed by atoms with Gasteiger partial charge in [0.2, 0.25) is 5.91 Å². The summed E-state index contributed by atoms with van der Waals surface area (Å²) in [6.07, 6.45) is 2.32. The number of piperazine rings is 3. The van der Waals surface area contributed by atoms with Crippen LogP contribution in [0.15, 0.2) is 118 Å². The first kappa shape index (κ1) is 114. The van der Waals surface area contributed by atoms with Gasteiger partial charge in [0.05, 0.1) is 113 Å². The number of aromatic nitrogens is 15. The van der Waals surface area contributed by atoms with E-state index in [2.05, 4.69) is 40.4 Å². The minimum atomic E-state index is -0.660. The van der Waals surface area contributed by atoms with Crippen molar-refractivity contribution in [2.24, 2.45) is 0 Å². The van der Waals surface area contributed by atoms with Gasteiger partial charge in [-0.15, -0.1) is 0 Å². The predicted molar refractivity (Wildman–Crippen MR) is 581 cm³/mol. The molecule has 148 heavy (non-hydrogen) atoms. The summed E-state index contributed by atoms with van der Waals surface area (Å²) in [5, 5.41) is 2.03. The van der Waals surface area contributed by atoms with Crippen LogP contribution in [-0.4, -0.2) is 237 Å². The fourth-order valence-corrected chi connectivity index (χ4v) is 19.2. The van der Waals surface area contributed by atoms with Crippen molar-refractivity contribution in [3.63, 3.8) is 0 Å². The first-order chi connectivity index (χ1) is 69.5. The van der Waals surface area contributed by atoms with Crippen molar-refractivity contribution in [2.75, 3.05) is 82.2 Å². The second-order valence-electron chi connectivity index (χ2n) is 42.6. The Morgan fingerprint density at radius 1 is 0.405 bits per heavy atom. The lowest BCUT2D eigenvalue weighted by molar-refractivity contribution is -0.128. The zero-order chi connectivity index (χ0) is 109. The SMILES string of the molecule is C=CC(=O)N1C[C@H](C)N(c2nc(=O)n(-c3c(C(C)C)nc(CN(C)C)nc3C(C)C)c3nc(-c4ccccc4F)c(Cl)cc23)C[C@H]1C.CC(C)c1nc(C=O)nc(C(C)C)c1-n1c(=O)nc(N2C[C@@H](C)N(C(=O)OC(C)(C)C)C[C@@H]2C)c2cc(Cl)c(-c3ccccc3F)nc21.CC(C)c1nc(CN(C)C)nc(C(C)C)c1-n1c(=O)nc(N2C[C@@H](C)N(C(=O)OC(C)(C)C)C[C@@H]2C)c2cc(Cl)c(-c3ccccc3F)nc21.CCC. The van der Waals surface area contributed by atoms with Gasteiger partial charge in [0.15, 0.2) is 29.1 Å². The molecule has 3 saturated heterocycles. The molecule has 3 fully saturated rings. The minimum Gasteiger partial charge on any atom is -0.444 e. The van der Waals surface area contributed by atoms with Gasteiger partial charge < -0.3 is 48.7 Å². The Morgan fingerprint density at radius 2 is 0.655 bits per heavy atom. The molecule has 12 heterocycles. The maximum absolute atomic E-state index is 15.3. The number of fused-ring (bicyclic) bond motifs is 3. The summed E-state index contributed by atoms with van der Waals surface area (Å²) in [6.45, 7) is 57.5. The Kier molecular flexibility index (Phi) is 36.1. The summed E-state index contributed by atoms with van der Waals surface area (Å²) in [5.41, 5.74) is 3.74. The Balaban J connectivity index is 0.000000194. The van der Waals surface area contributed by atoms with Gasteiger partial charge in [-0.1, -0.05) is 181 Å². The lowest BCUT2D eigenvalue weighted by Crippen LogP contribution is -2.59. The van der Waals surface area contributed by atoms with Gasteiger partial charge in [-0.25, -0.2) is 95.7 Å². The van der Waals surface area contributed by atoms with Crippen molar-refractivity contribution < 1.29 is 41.8 Å².